The van der Waals surface area contributed by atoms with Gasteiger partial charge in [0.15, 0.2) is 0 Å². The number of halogens is 1. The average Bonchev–Trinajstić information content (AvgIpc) is 2.77. The quantitative estimate of drug-likeness (QED) is 0.555. The van der Waals surface area contributed by atoms with E-state index in [0.29, 0.717) is 0 Å². The van der Waals surface area contributed by atoms with Gasteiger partial charge in [-0.2, -0.15) is 0 Å². The second-order valence-corrected chi connectivity index (χ2v) is 4.85. The van der Waals surface area contributed by atoms with Gasteiger partial charge in [0.05, 0.1) is 0 Å². The van der Waals surface area contributed by atoms with Gasteiger partial charge in [0.2, 0.25) is 0 Å². The van der Waals surface area contributed by atoms with Gasteiger partial charge in [-0.15, -0.1) is 11.6 Å². The Bertz CT molecular complexity index is 284. The normalized spacial score (nSPS) is 19.5. The Morgan fingerprint density at radius 1 is 1.46 bits per heavy atom. The number of allylic oxidation sites excluding steroid dienone is 2. The first-order valence-electron chi connectivity index (χ1n) is 4.45. The monoisotopic (exact) mass is 213 g/mol. The Morgan fingerprint density at radius 3 is 2.77 bits per heavy atom. The minimum atomic E-state index is 0.286. The third-order valence-electron chi connectivity index (χ3n) is 2.59. The van der Waals surface area contributed by atoms with Crippen molar-refractivity contribution in [2.45, 2.75) is 19.3 Å². The molecule has 1 heterocycles. The fourth-order valence-corrected chi connectivity index (χ4v) is 2.82. The van der Waals surface area contributed by atoms with Crippen LogP contribution in [0.4, 0.5) is 0 Å². The van der Waals surface area contributed by atoms with E-state index in [-0.39, 0.29) is 5.41 Å². The van der Waals surface area contributed by atoms with Crippen LogP contribution in [0.2, 0.25) is 0 Å². The van der Waals surface area contributed by atoms with Crippen LogP contribution in [0.5, 0.6) is 0 Å². The fraction of sp³-hybridized carbons (Fsp3) is 0.500. The Hall–Kier alpha value is -0.340. The summed E-state index contributed by atoms with van der Waals surface area (Å²) in [6.45, 7) is 0. The molecule has 0 spiro atoms. The lowest BCUT2D eigenvalue weighted by Gasteiger charge is -2.25. The third kappa shape index (κ3) is 1.94. The van der Waals surface area contributed by atoms with Gasteiger partial charge in [0.1, 0.15) is 0 Å². The van der Waals surface area contributed by atoms with Crippen molar-refractivity contribution < 1.29 is 0 Å². The van der Waals surface area contributed by atoms with Crippen LogP contribution in [0, 0.1) is 5.41 Å². The first-order valence-corrected chi connectivity index (χ1v) is 5.76. The molecule has 0 saturated carbocycles. The molecular weight excluding hydrogens is 202 g/mol. The van der Waals surface area contributed by atoms with E-state index in [9.17, 15) is 0 Å². The van der Waals surface area contributed by atoms with Crippen molar-refractivity contribution in [3.63, 3.8) is 0 Å². The van der Waals surface area contributed by atoms with E-state index < -0.39 is 0 Å². The van der Waals surface area contributed by atoms with Gasteiger partial charge in [-0.05, 0) is 42.3 Å². The lowest BCUT2D eigenvalue weighted by molar-refractivity contribution is 0.359. The lowest BCUT2D eigenvalue weighted by atomic mass is 9.83. The zero-order valence-corrected chi connectivity index (χ0v) is 8.94. The van der Waals surface area contributed by atoms with Gasteiger partial charge in [-0.1, -0.05) is 12.2 Å². The van der Waals surface area contributed by atoms with Gasteiger partial charge < -0.3 is 0 Å². The molecule has 0 aliphatic heterocycles. The maximum atomic E-state index is 6.03. The summed E-state index contributed by atoms with van der Waals surface area (Å²) in [6, 6.07) is 2.09. The van der Waals surface area contributed by atoms with Crippen LogP contribution < -0.4 is 0 Å². The SMILES string of the molecule is ClCC1(Cc2ccns2)CC=CC1. The molecule has 0 radical (unpaired) electrons. The van der Waals surface area contributed by atoms with Crippen molar-refractivity contribution >= 4 is 23.1 Å². The van der Waals surface area contributed by atoms with Crippen LogP contribution in [0.15, 0.2) is 24.4 Å². The molecule has 0 atom stereocenters. The average molecular weight is 214 g/mol. The molecule has 0 N–H and O–H groups in total. The van der Waals surface area contributed by atoms with Crippen LogP contribution in [-0.2, 0) is 6.42 Å². The molecule has 1 aromatic rings. The zero-order chi connectivity index (χ0) is 9.15. The predicted octanol–water partition coefficient (Wildman–Crippen LogP) is 3.26. The molecule has 1 aromatic heterocycles. The van der Waals surface area contributed by atoms with Crippen molar-refractivity contribution in [2.24, 2.45) is 5.41 Å². The zero-order valence-electron chi connectivity index (χ0n) is 7.37. The summed E-state index contributed by atoms with van der Waals surface area (Å²) in [5, 5.41) is 0. The van der Waals surface area contributed by atoms with Crippen LogP contribution in [0.25, 0.3) is 0 Å². The van der Waals surface area contributed by atoms with Gasteiger partial charge in [-0.25, -0.2) is 4.37 Å². The van der Waals surface area contributed by atoms with E-state index in [1.807, 2.05) is 6.20 Å². The molecule has 0 fully saturated rings. The van der Waals surface area contributed by atoms with Gasteiger partial charge >= 0.3 is 0 Å². The molecule has 0 bridgehead atoms. The smallest absolute Gasteiger partial charge is 0.0409 e. The molecule has 70 valence electrons. The minimum Gasteiger partial charge on any atom is -0.201 e. The van der Waals surface area contributed by atoms with Gasteiger partial charge in [-0.3, -0.25) is 0 Å². The summed E-state index contributed by atoms with van der Waals surface area (Å²) in [5.74, 6) is 0.748. The molecule has 2 rings (SSSR count). The maximum Gasteiger partial charge on any atom is 0.0409 e. The lowest BCUT2D eigenvalue weighted by Crippen LogP contribution is -2.21. The fourth-order valence-electron chi connectivity index (χ4n) is 1.75. The largest absolute Gasteiger partial charge is 0.201 e. The highest BCUT2D eigenvalue weighted by Gasteiger charge is 2.30. The summed E-state index contributed by atoms with van der Waals surface area (Å²) in [4.78, 5) is 1.35. The first kappa shape index (κ1) is 9.22. The number of hydrogen-bond acceptors (Lipinski definition) is 2. The summed E-state index contributed by atoms with van der Waals surface area (Å²) >= 11 is 7.61. The molecular formula is C10H12ClNS. The molecule has 3 heteroatoms. The van der Waals surface area contributed by atoms with Crippen molar-refractivity contribution in [1.29, 1.82) is 0 Å². The highest BCUT2D eigenvalue weighted by Crippen LogP contribution is 2.38. The van der Waals surface area contributed by atoms with E-state index in [1.165, 1.54) is 4.88 Å². The minimum absolute atomic E-state index is 0.286. The van der Waals surface area contributed by atoms with Crippen molar-refractivity contribution in [1.82, 2.24) is 4.37 Å². The van der Waals surface area contributed by atoms with Crippen molar-refractivity contribution in [2.75, 3.05) is 5.88 Å². The van der Waals surface area contributed by atoms with E-state index in [4.69, 9.17) is 11.6 Å². The van der Waals surface area contributed by atoms with Crippen LogP contribution >= 0.6 is 23.1 Å². The number of alkyl halides is 1. The molecule has 0 unspecified atom stereocenters. The third-order valence-corrected chi connectivity index (χ3v) is 3.90. The highest BCUT2D eigenvalue weighted by molar-refractivity contribution is 7.05. The molecule has 0 saturated heterocycles. The first-order chi connectivity index (χ1) is 6.35. The van der Waals surface area contributed by atoms with Crippen LogP contribution in [-0.4, -0.2) is 10.3 Å². The summed E-state index contributed by atoms with van der Waals surface area (Å²) < 4.78 is 4.11. The highest BCUT2D eigenvalue weighted by atomic mass is 35.5. The van der Waals surface area contributed by atoms with Crippen LogP contribution in [0.3, 0.4) is 0 Å². The van der Waals surface area contributed by atoms with Crippen molar-refractivity contribution in [3.05, 3.63) is 29.3 Å². The maximum absolute atomic E-state index is 6.03. The predicted molar refractivity (Wildman–Crippen MR) is 57.3 cm³/mol. The topological polar surface area (TPSA) is 12.9 Å². The number of aromatic nitrogens is 1. The Balaban J connectivity index is 2.07. The second kappa shape index (κ2) is 3.81. The summed E-state index contributed by atoms with van der Waals surface area (Å²) in [6.07, 6.45) is 9.66. The van der Waals surface area contributed by atoms with Crippen LogP contribution in [0.1, 0.15) is 17.7 Å². The summed E-state index contributed by atoms with van der Waals surface area (Å²) in [5.41, 5.74) is 0.286. The number of hydrogen-bond donors (Lipinski definition) is 0. The van der Waals surface area contributed by atoms with Gasteiger partial charge in [0.25, 0.3) is 0 Å². The van der Waals surface area contributed by atoms with Gasteiger partial charge in [0, 0.05) is 17.0 Å². The van der Waals surface area contributed by atoms with Crippen molar-refractivity contribution in [3.8, 4) is 0 Å². The molecule has 1 aliphatic carbocycles. The Morgan fingerprint density at radius 2 is 2.23 bits per heavy atom. The number of nitrogens with zero attached hydrogens (tertiary/aromatic N) is 1. The molecule has 1 nitrogen and oxygen atoms in total. The van der Waals surface area contributed by atoms with E-state index >= 15 is 0 Å². The number of rotatable bonds is 3. The van der Waals surface area contributed by atoms with E-state index in [0.717, 1.165) is 25.1 Å². The van der Waals surface area contributed by atoms with E-state index in [1.54, 1.807) is 11.5 Å². The Labute approximate surface area is 87.6 Å². The molecule has 0 aromatic carbocycles. The molecule has 1 aliphatic rings. The van der Waals surface area contributed by atoms with E-state index in [2.05, 4.69) is 22.6 Å². The second-order valence-electron chi connectivity index (χ2n) is 3.67. The molecule has 0 amide bonds. The summed E-state index contributed by atoms with van der Waals surface area (Å²) in [7, 11) is 0. The Kier molecular flexibility index (Phi) is 2.70. The molecule has 13 heavy (non-hydrogen) atoms. The standard InChI is InChI=1S/C10H12ClNS/c11-8-10(4-1-2-5-10)7-9-3-6-12-13-9/h1-3,6H,4-5,7-8H2.